The fourth-order valence-electron chi connectivity index (χ4n) is 4.87. The van der Waals surface area contributed by atoms with E-state index < -0.39 is 0 Å². The predicted octanol–water partition coefficient (Wildman–Crippen LogP) is 6.22. The Labute approximate surface area is 225 Å². The van der Waals surface area contributed by atoms with Crippen molar-refractivity contribution < 1.29 is 9.90 Å². The summed E-state index contributed by atoms with van der Waals surface area (Å²) in [6.45, 7) is 12.8. The van der Waals surface area contributed by atoms with Gasteiger partial charge in [-0.3, -0.25) is 10.2 Å². The molecule has 0 saturated carbocycles. The van der Waals surface area contributed by atoms with Crippen molar-refractivity contribution in [2.75, 3.05) is 19.0 Å². The van der Waals surface area contributed by atoms with Gasteiger partial charge >= 0.3 is 0 Å². The highest BCUT2D eigenvalue weighted by atomic mass is 16.3. The van der Waals surface area contributed by atoms with Crippen LogP contribution in [0.2, 0.25) is 0 Å². The fraction of sp³-hybridized carbons (Fsp3) is 0.375. The number of Topliss-reactive ketones (excluding diaryl/α,β-unsaturated/α-hetero) is 1. The summed E-state index contributed by atoms with van der Waals surface area (Å²) in [4.78, 5) is 15.8. The molecule has 0 unspecified atom stereocenters. The molecule has 0 amide bonds. The van der Waals surface area contributed by atoms with Gasteiger partial charge in [0.15, 0.2) is 5.78 Å². The summed E-state index contributed by atoms with van der Waals surface area (Å²) < 4.78 is 3.73. The maximum atomic E-state index is 13.7. The van der Waals surface area contributed by atoms with Crippen LogP contribution in [0.4, 0.5) is 5.69 Å². The lowest BCUT2D eigenvalue weighted by Gasteiger charge is -2.28. The summed E-state index contributed by atoms with van der Waals surface area (Å²) >= 11 is 0. The second-order valence-corrected chi connectivity index (χ2v) is 12.4. The number of phenols is 1. The van der Waals surface area contributed by atoms with E-state index in [2.05, 4.69) is 29.2 Å². The highest BCUT2D eigenvalue weighted by Gasteiger charge is 2.28. The van der Waals surface area contributed by atoms with Gasteiger partial charge in [-0.2, -0.15) is 0 Å². The van der Waals surface area contributed by atoms with Crippen LogP contribution in [0.1, 0.15) is 68.6 Å². The van der Waals surface area contributed by atoms with Gasteiger partial charge in [-0.05, 0) is 52.8 Å². The molecule has 0 atom stereocenters. The highest BCUT2D eigenvalue weighted by Crippen LogP contribution is 2.40. The molecular weight excluding hydrogens is 472 g/mol. The molecule has 0 bridgehead atoms. The normalized spacial score (nSPS) is 12.2. The minimum absolute atomic E-state index is 0.0455. The van der Waals surface area contributed by atoms with Crippen LogP contribution in [0.25, 0.3) is 11.0 Å². The zero-order valence-corrected chi connectivity index (χ0v) is 23.9. The quantitative estimate of drug-likeness (QED) is 0.301. The molecule has 4 aromatic rings. The van der Waals surface area contributed by atoms with Gasteiger partial charge in [0, 0.05) is 36.5 Å². The van der Waals surface area contributed by atoms with Crippen LogP contribution in [0.3, 0.4) is 0 Å². The van der Waals surface area contributed by atoms with E-state index in [1.807, 2.05) is 96.6 Å². The third kappa shape index (κ3) is 5.26. The number of nitrogens with zero attached hydrogens (tertiary/aromatic N) is 3. The number of carbonyl (C=O) groups is 1. The van der Waals surface area contributed by atoms with E-state index in [0.717, 1.165) is 33.4 Å². The van der Waals surface area contributed by atoms with Gasteiger partial charge in [0.05, 0.1) is 24.1 Å². The third-order valence-corrected chi connectivity index (χ3v) is 7.12. The van der Waals surface area contributed by atoms with Crippen molar-refractivity contribution in [1.29, 1.82) is 5.41 Å². The van der Waals surface area contributed by atoms with E-state index in [1.165, 1.54) is 0 Å². The molecule has 0 radical (unpaired) electrons. The number of benzene rings is 3. The van der Waals surface area contributed by atoms with E-state index in [4.69, 9.17) is 5.41 Å². The minimum Gasteiger partial charge on any atom is -0.507 e. The van der Waals surface area contributed by atoms with Gasteiger partial charge in [-0.15, -0.1) is 0 Å². The number of anilines is 1. The molecule has 4 rings (SSSR count). The lowest BCUT2D eigenvalue weighted by atomic mass is 9.78. The number of rotatable bonds is 6. The molecule has 1 heterocycles. The van der Waals surface area contributed by atoms with E-state index >= 15 is 0 Å². The number of aromatic nitrogens is 2. The van der Waals surface area contributed by atoms with Crippen LogP contribution in [0, 0.1) is 5.41 Å². The summed E-state index contributed by atoms with van der Waals surface area (Å²) in [6.07, 6.45) is 0. The van der Waals surface area contributed by atoms with Crippen molar-refractivity contribution in [2.24, 2.45) is 0 Å². The van der Waals surface area contributed by atoms with E-state index in [0.29, 0.717) is 12.1 Å². The summed E-state index contributed by atoms with van der Waals surface area (Å²) in [7, 11) is 4.03. The first kappa shape index (κ1) is 27.2. The monoisotopic (exact) mass is 512 g/mol. The Balaban J connectivity index is 1.76. The van der Waals surface area contributed by atoms with Gasteiger partial charge in [0.25, 0.3) is 0 Å². The first-order valence-corrected chi connectivity index (χ1v) is 13.1. The minimum atomic E-state index is -0.327. The number of hydrogen-bond donors (Lipinski definition) is 2. The van der Waals surface area contributed by atoms with Crippen molar-refractivity contribution in [2.45, 2.75) is 65.5 Å². The van der Waals surface area contributed by atoms with Crippen LogP contribution in [0.5, 0.6) is 5.75 Å². The molecule has 3 aromatic carbocycles. The molecular formula is C32H40N4O2. The number of imidazole rings is 1. The SMILES string of the molecule is CN(C)c1ccc(Cn2c(=N)n(CC(=O)c3cc(C(C)(C)C)c(O)c(C(C)(C)C)c3)c3ccccc32)cc1. The van der Waals surface area contributed by atoms with Gasteiger partial charge in [-0.25, -0.2) is 0 Å². The van der Waals surface area contributed by atoms with Crippen molar-refractivity contribution in [3.05, 3.63) is 88.5 Å². The maximum absolute atomic E-state index is 13.7. The predicted molar refractivity (Wildman–Crippen MR) is 155 cm³/mol. The molecule has 6 nitrogen and oxygen atoms in total. The summed E-state index contributed by atoms with van der Waals surface area (Å²) in [5.74, 6) is 0.171. The molecule has 200 valence electrons. The Morgan fingerprint density at radius 2 is 1.34 bits per heavy atom. The van der Waals surface area contributed by atoms with E-state index in [-0.39, 0.29) is 34.5 Å². The Morgan fingerprint density at radius 3 is 1.82 bits per heavy atom. The van der Waals surface area contributed by atoms with E-state index in [9.17, 15) is 9.90 Å². The Hall–Kier alpha value is -3.80. The number of nitrogens with one attached hydrogen (secondary N) is 1. The molecule has 6 heteroatoms. The smallest absolute Gasteiger partial charge is 0.203 e. The molecule has 2 N–H and O–H groups in total. The second kappa shape index (κ2) is 9.82. The first-order valence-electron chi connectivity index (χ1n) is 13.1. The first-order chi connectivity index (χ1) is 17.7. The number of fused-ring (bicyclic) bond motifs is 1. The molecule has 0 fully saturated rings. The molecule has 1 aromatic heterocycles. The fourth-order valence-corrected chi connectivity index (χ4v) is 4.87. The van der Waals surface area contributed by atoms with Crippen LogP contribution in [-0.4, -0.2) is 34.1 Å². The van der Waals surface area contributed by atoms with Gasteiger partial charge in [-0.1, -0.05) is 65.8 Å². The van der Waals surface area contributed by atoms with Crippen LogP contribution in [-0.2, 0) is 23.9 Å². The number of para-hydroxylation sites is 2. The Kier molecular flexibility index (Phi) is 7.04. The number of phenolic OH excluding ortho intramolecular Hbond substituents is 1. The molecule has 38 heavy (non-hydrogen) atoms. The Morgan fingerprint density at radius 1 is 0.842 bits per heavy atom. The van der Waals surface area contributed by atoms with Crippen molar-refractivity contribution in [3.8, 4) is 5.75 Å². The molecule has 0 spiro atoms. The number of aromatic hydroxyl groups is 1. The lowest BCUT2D eigenvalue weighted by Crippen LogP contribution is -2.28. The van der Waals surface area contributed by atoms with Crippen LogP contribution < -0.4 is 10.5 Å². The van der Waals surface area contributed by atoms with Crippen LogP contribution in [0.15, 0.2) is 60.7 Å². The number of carbonyl (C=O) groups excluding carboxylic acids is 1. The average molecular weight is 513 g/mol. The zero-order valence-electron chi connectivity index (χ0n) is 23.9. The van der Waals surface area contributed by atoms with Gasteiger partial charge in [0.1, 0.15) is 5.75 Å². The Bertz CT molecular complexity index is 1510. The van der Waals surface area contributed by atoms with Crippen LogP contribution >= 0.6 is 0 Å². The molecule has 0 aliphatic rings. The largest absolute Gasteiger partial charge is 0.507 e. The average Bonchev–Trinajstić information content (AvgIpc) is 3.09. The number of hydrogen-bond acceptors (Lipinski definition) is 4. The van der Waals surface area contributed by atoms with Crippen molar-refractivity contribution in [3.63, 3.8) is 0 Å². The van der Waals surface area contributed by atoms with Gasteiger partial charge < -0.3 is 19.1 Å². The van der Waals surface area contributed by atoms with Crippen molar-refractivity contribution in [1.82, 2.24) is 9.13 Å². The number of ketones is 1. The summed E-state index contributed by atoms with van der Waals surface area (Å²) in [5, 5.41) is 20.1. The molecule has 0 saturated heterocycles. The summed E-state index contributed by atoms with van der Waals surface area (Å²) in [6, 6.07) is 19.8. The maximum Gasteiger partial charge on any atom is 0.203 e. The zero-order chi connectivity index (χ0) is 28.0. The molecule has 0 aliphatic carbocycles. The standard InChI is InChI=1S/C32H40N4O2/c1-31(2,3)24-17-22(18-25(29(24)38)32(4,5)6)28(37)20-36-27-12-10-9-11-26(27)35(30(36)33)19-21-13-15-23(16-14-21)34(7)8/h9-18,33,38H,19-20H2,1-8H3. The molecule has 0 aliphatic heterocycles. The topological polar surface area (TPSA) is 74.2 Å². The highest BCUT2D eigenvalue weighted by molar-refractivity contribution is 5.97. The summed E-state index contributed by atoms with van der Waals surface area (Å²) in [5.41, 5.74) is 5.67. The van der Waals surface area contributed by atoms with Crippen molar-refractivity contribution >= 4 is 22.5 Å². The lowest BCUT2D eigenvalue weighted by molar-refractivity contribution is 0.0971. The van der Waals surface area contributed by atoms with E-state index in [1.54, 1.807) is 4.57 Å². The van der Waals surface area contributed by atoms with Gasteiger partial charge in [0.2, 0.25) is 5.62 Å². The third-order valence-electron chi connectivity index (χ3n) is 7.12. The second-order valence-electron chi connectivity index (χ2n) is 12.4.